The predicted octanol–water partition coefficient (Wildman–Crippen LogP) is -0.313. The Morgan fingerprint density at radius 3 is 2.76 bits per heavy atom. The Kier molecular flexibility index (Phi) is 3.40. The monoisotopic (exact) mass is 234 g/mol. The van der Waals surface area contributed by atoms with E-state index in [0.717, 1.165) is 13.1 Å². The lowest BCUT2D eigenvalue weighted by Crippen LogP contribution is -2.56. The highest BCUT2D eigenvalue weighted by Crippen LogP contribution is 2.18. The summed E-state index contributed by atoms with van der Waals surface area (Å²) in [6.07, 6.45) is 1.66. The van der Waals surface area contributed by atoms with Crippen molar-refractivity contribution in [1.29, 1.82) is 0 Å². The molecule has 0 aromatic carbocycles. The number of piperazine rings is 1. The highest BCUT2D eigenvalue weighted by atomic mass is 16.2. The number of hydrogen-bond donors (Lipinski definition) is 2. The molecule has 0 bridgehead atoms. The molecule has 2 rings (SSSR count). The molecule has 5 heteroatoms. The highest BCUT2D eigenvalue weighted by molar-refractivity contribution is 5.86. The van der Waals surface area contributed by atoms with Gasteiger partial charge >= 0.3 is 0 Å². The minimum absolute atomic E-state index is 0.0577. The van der Waals surface area contributed by atoms with Crippen LogP contribution in [0.1, 0.15) is 12.6 Å². The van der Waals surface area contributed by atoms with Crippen LogP contribution in [-0.4, -0.2) is 42.0 Å². The zero-order chi connectivity index (χ0) is 12.3. The number of nitrogens with one attached hydrogen (secondary N) is 1. The van der Waals surface area contributed by atoms with Crippen molar-refractivity contribution in [3.8, 4) is 0 Å². The van der Waals surface area contributed by atoms with E-state index in [-0.39, 0.29) is 5.91 Å². The molecule has 1 amide bonds. The van der Waals surface area contributed by atoms with Crippen LogP contribution < -0.4 is 11.1 Å². The van der Waals surface area contributed by atoms with Crippen molar-refractivity contribution < 1.29 is 4.79 Å². The lowest BCUT2D eigenvalue weighted by atomic mass is 9.96. The summed E-state index contributed by atoms with van der Waals surface area (Å²) in [7, 11) is 0. The molecule has 3 N–H and O–H groups in total. The van der Waals surface area contributed by atoms with E-state index in [4.69, 9.17) is 5.73 Å². The second kappa shape index (κ2) is 4.81. The summed E-state index contributed by atoms with van der Waals surface area (Å²) in [6, 6.07) is 5.45. The molecule has 1 aliphatic heterocycles. The van der Waals surface area contributed by atoms with E-state index >= 15 is 0 Å². The molecule has 1 aliphatic rings. The summed E-state index contributed by atoms with van der Waals surface area (Å²) < 4.78 is 0. The fraction of sp³-hybridized carbons (Fsp3) is 0.500. The van der Waals surface area contributed by atoms with Crippen molar-refractivity contribution in [3.05, 3.63) is 30.1 Å². The second-order valence-electron chi connectivity index (χ2n) is 4.46. The molecule has 17 heavy (non-hydrogen) atoms. The summed E-state index contributed by atoms with van der Waals surface area (Å²) in [4.78, 5) is 18.3. The van der Waals surface area contributed by atoms with Crippen LogP contribution in [0.15, 0.2) is 24.4 Å². The lowest BCUT2D eigenvalue weighted by Gasteiger charge is -2.34. The quantitative estimate of drug-likeness (QED) is 0.736. The number of hydrogen-bond acceptors (Lipinski definition) is 4. The molecule has 5 nitrogen and oxygen atoms in total. The first-order valence-electron chi connectivity index (χ1n) is 5.83. The molecule has 92 valence electrons. The molecule has 2 heterocycles. The van der Waals surface area contributed by atoms with Crippen molar-refractivity contribution in [1.82, 2.24) is 15.2 Å². The zero-order valence-electron chi connectivity index (χ0n) is 10.0. The van der Waals surface area contributed by atoms with E-state index in [0.29, 0.717) is 18.8 Å². The Hall–Kier alpha value is -1.46. The maximum absolute atomic E-state index is 12.4. The third-order valence-corrected chi connectivity index (χ3v) is 3.05. The summed E-state index contributed by atoms with van der Waals surface area (Å²) in [5.41, 5.74) is 5.71. The summed E-state index contributed by atoms with van der Waals surface area (Å²) in [6.45, 7) is 4.78. The van der Waals surface area contributed by atoms with Crippen LogP contribution in [0, 0.1) is 0 Å². The Balaban J connectivity index is 2.17. The highest BCUT2D eigenvalue weighted by Gasteiger charge is 2.35. The molecule has 0 aliphatic carbocycles. The van der Waals surface area contributed by atoms with Crippen molar-refractivity contribution in [2.75, 3.05) is 26.2 Å². The molecule has 0 saturated carbocycles. The van der Waals surface area contributed by atoms with Crippen LogP contribution in [0.2, 0.25) is 0 Å². The topological polar surface area (TPSA) is 71.2 Å². The van der Waals surface area contributed by atoms with Crippen molar-refractivity contribution >= 4 is 5.91 Å². The van der Waals surface area contributed by atoms with Gasteiger partial charge in [0, 0.05) is 32.4 Å². The number of nitrogens with zero attached hydrogens (tertiary/aromatic N) is 2. The Bertz CT molecular complexity index is 385. The van der Waals surface area contributed by atoms with Gasteiger partial charge in [-0.2, -0.15) is 0 Å². The third-order valence-electron chi connectivity index (χ3n) is 3.05. The number of carbonyl (C=O) groups excluding carboxylic acids is 1. The van der Waals surface area contributed by atoms with Gasteiger partial charge < -0.3 is 16.0 Å². The molecular formula is C12H18N4O. The summed E-state index contributed by atoms with van der Waals surface area (Å²) >= 11 is 0. The van der Waals surface area contributed by atoms with Gasteiger partial charge in [-0.3, -0.25) is 9.78 Å². The number of pyridine rings is 1. The lowest BCUT2D eigenvalue weighted by molar-refractivity contribution is -0.137. The van der Waals surface area contributed by atoms with Crippen molar-refractivity contribution in [3.63, 3.8) is 0 Å². The number of nitrogens with two attached hydrogens (primary N) is 1. The van der Waals surface area contributed by atoms with Gasteiger partial charge in [-0.25, -0.2) is 0 Å². The first-order valence-corrected chi connectivity index (χ1v) is 5.83. The minimum atomic E-state index is -1.04. The van der Waals surface area contributed by atoms with Crippen molar-refractivity contribution in [2.45, 2.75) is 12.5 Å². The Morgan fingerprint density at radius 2 is 2.18 bits per heavy atom. The molecule has 1 atom stereocenters. The number of aromatic nitrogens is 1. The van der Waals surface area contributed by atoms with E-state index in [2.05, 4.69) is 10.3 Å². The second-order valence-corrected chi connectivity index (χ2v) is 4.46. The average Bonchev–Trinajstić information content (AvgIpc) is 2.40. The van der Waals surface area contributed by atoms with Gasteiger partial charge in [0.2, 0.25) is 5.91 Å². The SMILES string of the molecule is CC(N)(C(=O)N1CCNCC1)c1ccccn1. The minimum Gasteiger partial charge on any atom is -0.338 e. The van der Waals surface area contributed by atoms with E-state index in [1.807, 2.05) is 12.1 Å². The van der Waals surface area contributed by atoms with Gasteiger partial charge in [0.05, 0.1) is 5.69 Å². The van der Waals surface area contributed by atoms with Gasteiger partial charge in [-0.15, -0.1) is 0 Å². The van der Waals surface area contributed by atoms with Crippen LogP contribution in [0.4, 0.5) is 0 Å². The molecular weight excluding hydrogens is 216 g/mol. The van der Waals surface area contributed by atoms with Crippen LogP contribution in [0.5, 0.6) is 0 Å². The maximum atomic E-state index is 12.4. The standard InChI is InChI=1S/C12H18N4O/c1-12(13,10-4-2-3-5-15-10)11(17)16-8-6-14-7-9-16/h2-5,14H,6-9,13H2,1H3. The first-order chi connectivity index (χ1) is 8.12. The van der Waals surface area contributed by atoms with E-state index in [1.165, 1.54) is 0 Å². The summed E-state index contributed by atoms with van der Waals surface area (Å²) in [5.74, 6) is -0.0577. The maximum Gasteiger partial charge on any atom is 0.248 e. The number of amides is 1. The summed E-state index contributed by atoms with van der Waals surface area (Å²) in [5, 5.41) is 3.21. The largest absolute Gasteiger partial charge is 0.338 e. The van der Waals surface area contributed by atoms with Crippen molar-refractivity contribution in [2.24, 2.45) is 5.73 Å². The first kappa shape index (κ1) is 12.0. The Morgan fingerprint density at radius 1 is 1.47 bits per heavy atom. The van der Waals surface area contributed by atoms with Crippen LogP contribution in [0.3, 0.4) is 0 Å². The van der Waals surface area contributed by atoms with E-state index in [9.17, 15) is 4.79 Å². The molecule has 1 unspecified atom stereocenters. The average molecular weight is 234 g/mol. The number of carbonyl (C=O) groups is 1. The number of rotatable bonds is 2. The zero-order valence-corrected chi connectivity index (χ0v) is 10.0. The normalized spacial score (nSPS) is 19.8. The molecule has 1 aromatic heterocycles. The third kappa shape index (κ3) is 2.45. The van der Waals surface area contributed by atoms with E-state index < -0.39 is 5.54 Å². The van der Waals surface area contributed by atoms with Gasteiger partial charge in [-0.1, -0.05) is 6.07 Å². The van der Waals surface area contributed by atoms with Crippen LogP contribution in [0.25, 0.3) is 0 Å². The Labute approximate surface area is 101 Å². The van der Waals surface area contributed by atoms with Gasteiger partial charge in [0.1, 0.15) is 5.54 Å². The predicted molar refractivity (Wildman–Crippen MR) is 65.2 cm³/mol. The molecule has 1 fully saturated rings. The van der Waals surface area contributed by atoms with Gasteiger partial charge in [0.25, 0.3) is 0 Å². The smallest absolute Gasteiger partial charge is 0.248 e. The fourth-order valence-corrected chi connectivity index (χ4v) is 1.98. The molecule has 1 aromatic rings. The fourth-order valence-electron chi connectivity index (χ4n) is 1.98. The molecule has 0 radical (unpaired) electrons. The van der Waals surface area contributed by atoms with Gasteiger partial charge in [0.15, 0.2) is 0 Å². The molecule has 1 saturated heterocycles. The van der Waals surface area contributed by atoms with Gasteiger partial charge in [-0.05, 0) is 19.1 Å². The van der Waals surface area contributed by atoms with Crippen LogP contribution in [-0.2, 0) is 10.3 Å². The molecule has 0 spiro atoms. The van der Waals surface area contributed by atoms with Crippen LogP contribution >= 0.6 is 0 Å². The van der Waals surface area contributed by atoms with E-state index in [1.54, 1.807) is 24.1 Å².